The van der Waals surface area contributed by atoms with E-state index in [1.54, 1.807) is 0 Å². The van der Waals surface area contributed by atoms with Gasteiger partial charge in [-0.1, -0.05) is 19.9 Å². The van der Waals surface area contributed by atoms with E-state index >= 15 is 0 Å². The summed E-state index contributed by atoms with van der Waals surface area (Å²) >= 11 is 0. The van der Waals surface area contributed by atoms with E-state index in [-0.39, 0.29) is 17.4 Å². The van der Waals surface area contributed by atoms with Crippen molar-refractivity contribution >= 4 is 22.5 Å². The number of benzene rings is 2. The van der Waals surface area contributed by atoms with Crippen molar-refractivity contribution in [2.45, 2.75) is 33.2 Å². The first kappa shape index (κ1) is 20.0. The Balaban J connectivity index is 1.56. The molecule has 4 rings (SSSR count). The first-order valence-corrected chi connectivity index (χ1v) is 10.2. The van der Waals surface area contributed by atoms with E-state index in [2.05, 4.69) is 35.5 Å². The van der Waals surface area contributed by atoms with Crippen molar-refractivity contribution in [3.05, 3.63) is 64.8 Å². The molecule has 1 aliphatic rings. The van der Waals surface area contributed by atoms with E-state index in [4.69, 9.17) is 4.74 Å². The van der Waals surface area contributed by atoms with Gasteiger partial charge in [0.1, 0.15) is 12.4 Å². The molecule has 1 amide bonds. The molecule has 154 valence electrons. The Morgan fingerprint density at radius 2 is 2.10 bits per heavy atom. The lowest BCUT2D eigenvalue weighted by atomic mass is 9.85. The number of amides is 1. The lowest BCUT2D eigenvalue weighted by Gasteiger charge is -2.28. The van der Waals surface area contributed by atoms with E-state index < -0.39 is 0 Å². The fourth-order valence-corrected chi connectivity index (χ4v) is 4.19. The minimum Gasteiger partial charge on any atom is -0.363 e. The molecule has 30 heavy (non-hydrogen) atoms. The van der Waals surface area contributed by atoms with Crippen molar-refractivity contribution in [2.75, 3.05) is 18.7 Å². The fourth-order valence-electron chi connectivity index (χ4n) is 4.19. The van der Waals surface area contributed by atoms with Gasteiger partial charge in [-0.3, -0.25) is 4.79 Å². The van der Waals surface area contributed by atoms with E-state index in [0.717, 1.165) is 28.6 Å². The number of aromatic amines is 1. The lowest BCUT2D eigenvalue weighted by molar-refractivity contribution is 0.0899. The predicted octanol–water partition coefficient (Wildman–Crippen LogP) is 4.50. The Kier molecular flexibility index (Phi) is 5.23. The van der Waals surface area contributed by atoms with Gasteiger partial charge in [-0.2, -0.15) is 5.26 Å². The Hall–Kier alpha value is -3.30. The van der Waals surface area contributed by atoms with Crippen LogP contribution in [0.3, 0.4) is 0 Å². The molecular weight excluding hydrogens is 376 g/mol. The summed E-state index contributed by atoms with van der Waals surface area (Å²) in [4.78, 5) is 16.3. The third-order valence-electron chi connectivity index (χ3n) is 5.74. The Morgan fingerprint density at radius 3 is 2.87 bits per heavy atom. The highest BCUT2D eigenvalue weighted by atomic mass is 16.5. The molecule has 3 aromatic rings. The van der Waals surface area contributed by atoms with Gasteiger partial charge in [0.15, 0.2) is 0 Å². The van der Waals surface area contributed by atoms with Crippen LogP contribution in [0, 0.1) is 16.7 Å². The lowest BCUT2D eigenvalue weighted by Crippen LogP contribution is -2.35. The number of aromatic nitrogens is 1. The van der Waals surface area contributed by atoms with Crippen molar-refractivity contribution in [3.8, 4) is 6.07 Å². The summed E-state index contributed by atoms with van der Waals surface area (Å²) in [5, 5.41) is 16.6. The monoisotopic (exact) mass is 402 g/mol. The first-order valence-electron chi connectivity index (χ1n) is 10.2. The summed E-state index contributed by atoms with van der Waals surface area (Å²) in [7, 11) is 0. The maximum absolute atomic E-state index is 13.1. The zero-order valence-electron chi connectivity index (χ0n) is 17.5. The molecule has 0 saturated carbocycles. The van der Waals surface area contributed by atoms with Gasteiger partial charge in [-0.25, -0.2) is 0 Å². The summed E-state index contributed by atoms with van der Waals surface area (Å²) < 4.78 is 5.33. The first-order chi connectivity index (χ1) is 14.4. The predicted molar refractivity (Wildman–Crippen MR) is 117 cm³/mol. The molecule has 3 N–H and O–H groups in total. The average Bonchev–Trinajstić information content (AvgIpc) is 3.25. The van der Waals surface area contributed by atoms with Crippen LogP contribution in [-0.4, -0.2) is 24.2 Å². The number of carbonyl (C=O) groups is 1. The SMILES string of the molecule is CCOCNc1ccc2[nH]c(C(=O)N[C@H]3c4cc(C#N)ccc4CC3(C)C)cc2c1. The third-order valence-corrected chi connectivity index (χ3v) is 5.74. The van der Waals surface area contributed by atoms with Gasteiger partial charge in [0.2, 0.25) is 0 Å². The molecule has 1 aliphatic carbocycles. The number of rotatable bonds is 6. The number of anilines is 1. The van der Waals surface area contributed by atoms with Crippen LogP contribution < -0.4 is 10.6 Å². The number of H-pyrrole nitrogens is 1. The Bertz CT molecular complexity index is 1140. The second-order valence-electron chi connectivity index (χ2n) is 8.40. The maximum atomic E-state index is 13.1. The number of hydrogen-bond acceptors (Lipinski definition) is 4. The fraction of sp³-hybridized carbons (Fsp3) is 0.333. The van der Waals surface area contributed by atoms with Gasteiger partial charge in [-0.05, 0) is 66.3 Å². The van der Waals surface area contributed by atoms with E-state index in [9.17, 15) is 10.1 Å². The number of hydrogen-bond donors (Lipinski definition) is 3. The van der Waals surface area contributed by atoms with Crippen LogP contribution in [0.2, 0.25) is 0 Å². The zero-order valence-corrected chi connectivity index (χ0v) is 17.5. The van der Waals surface area contributed by atoms with Crippen LogP contribution in [-0.2, 0) is 11.2 Å². The van der Waals surface area contributed by atoms with Gasteiger partial charge in [0, 0.05) is 23.2 Å². The Morgan fingerprint density at radius 1 is 1.27 bits per heavy atom. The third kappa shape index (κ3) is 3.77. The van der Waals surface area contributed by atoms with E-state index in [1.807, 2.05) is 49.4 Å². The summed E-state index contributed by atoms with van der Waals surface area (Å²) in [5.41, 5.74) is 5.07. The standard InChI is InChI=1S/C24H26N4O2/c1-4-30-14-26-18-7-8-20-17(10-18)11-21(27-20)23(29)28-22-19-9-15(13-25)5-6-16(19)12-24(22,2)3/h5-11,22,26-27H,4,12,14H2,1-3H3,(H,28,29)/t22-/m0/s1. The van der Waals surface area contributed by atoms with Crippen LogP contribution in [0.4, 0.5) is 5.69 Å². The molecular formula is C24H26N4O2. The molecule has 1 heterocycles. The quantitative estimate of drug-likeness (QED) is 0.418. The van der Waals surface area contributed by atoms with Gasteiger partial charge >= 0.3 is 0 Å². The molecule has 0 bridgehead atoms. The maximum Gasteiger partial charge on any atom is 0.268 e. The van der Waals surface area contributed by atoms with Crippen LogP contribution in [0.5, 0.6) is 0 Å². The smallest absolute Gasteiger partial charge is 0.268 e. The molecule has 0 radical (unpaired) electrons. The van der Waals surface area contributed by atoms with Gasteiger partial charge in [0.05, 0.1) is 17.7 Å². The van der Waals surface area contributed by atoms with Crippen molar-refractivity contribution in [1.29, 1.82) is 5.26 Å². The normalized spacial score (nSPS) is 16.8. The van der Waals surface area contributed by atoms with Gasteiger partial charge in [-0.15, -0.1) is 0 Å². The number of nitriles is 1. The second-order valence-corrected chi connectivity index (χ2v) is 8.40. The molecule has 0 aliphatic heterocycles. The van der Waals surface area contributed by atoms with E-state index in [1.165, 1.54) is 5.56 Å². The second kappa shape index (κ2) is 7.85. The summed E-state index contributed by atoms with van der Waals surface area (Å²) in [6, 6.07) is 15.6. The van der Waals surface area contributed by atoms with Crippen molar-refractivity contribution in [3.63, 3.8) is 0 Å². The molecule has 0 fully saturated rings. The van der Waals surface area contributed by atoms with Crippen LogP contribution in [0.25, 0.3) is 10.9 Å². The van der Waals surface area contributed by atoms with Gasteiger partial charge in [0.25, 0.3) is 5.91 Å². The van der Waals surface area contributed by atoms with Crippen LogP contribution in [0.15, 0.2) is 42.5 Å². The molecule has 1 atom stereocenters. The van der Waals surface area contributed by atoms with E-state index in [0.29, 0.717) is 24.6 Å². The molecule has 1 aromatic heterocycles. The highest BCUT2D eigenvalue weighted by Gasteiger charge is 2.40. The van der Waals surface area contributed by atoms with Crippen molar-refractivity contribution in [1.82, 2.24) is 10.3 Å². The molecule has 0 saturated heterocycles. The number of fused-ring (bicyclic) bond motifs is 2. The van der Waals surface area contributed by atoms with Gasteiger partial charge < -0.3 is 20.4 Å². The summed E-state index contributed by atoms with van der Waals surface area (Å²) in [6.07, 6.45) is 0.862. The highest BCUT2D eigenvalue weighted by Crippen LogP contribution is 2.45. The number of nitrogens with zero attached hydrogens (tertiary/aromatic N) is 1. The summed E-state index contributed by atoms with van der Waals surface area (Å²) in [5.74, 6) is -0.150. The molecule has 0 unspecified atom stereocenters. The molecule has 6 heteroatoms. The van der Waals surface area contributed by atoms with Crippen LogP contribution >= 0.6 is 0 Å². The highest BCUT2D eigenvalue weighted by molar-refractivity contribution is 5.99. The minimum absolute atomic E-state index is 0.131. The number of nitrogens with one attached hydrogen (secondary N) is 3. The molecule has 0 spiro atoms. The van der Waals surface area contributed by atoms with Crippen molar-refractivity contribution in [2.24, 2.45) is 5.41 Å². The Labute approximate surface area is 176 Å². The minimum atomic E-state index is -0.150. The largest absolute Gasteiger partial charge is 0.363 e. The topological polar surface area (TPSA) is 89.9 Å². The van der Waals surface area contributed by atoms with Crippen molar-refractivity contribution < 1.29 is 9.53 Å². The zero-order chi connectivity index (χ0) is 21.3. The molecule has 6 nitrogen and oxygen atoms in total. The van der Waals surface area contributed by atoms with Crippen LogP contribution in [0.1, 0.15) is 54.0 Å². The number of ether oxygens (including phenoxy) is 1. The molecule has 2 aromatic carbocycles. The average molecular weight is 402 g/mol. The number of carbonyl (C=O) groups excluding carboxylic acids is 1. The summed E-state index contributed by atoms with van der Waals surface area (Å²) in [6.45, 7) is 7.34.